The molecule has 1 aromatic carbocycles. The second-order valence-corrected chi connectivity index (χ2v) is 7.60. The topological polar surface area (TPSA) is 81.4 Å². The standard InChI is InChI=1S/C21H19ClF6N4O3/c1-3-31-18(9-33)30-32(20(31)34)16-8-17(35-10(2)21(26,27)28)11(6-15(16)25)14(24)7-12-13(23)4-5-29-19(12)22/h4-8,10,20,33-34H,3,9H2,1-2H3/b14-7-/t10-,20?/m0/s1. The van der Waals surface area contributed by atoms with Crippen molar-refractivity contribution in [1.82, 2.24) is 9.88 Å². The van der Waals surface area contributed by atoms with Gasteiger partial charge in [0.1, 0.15) is 40.7 Å². The van der Waals surface area contributed by atoms with Gasteiger partial charge < -0.3 is 19.8 Å². The third-order valence-corrected chi connectivity index (χ3v) is 5.31. The Morgan fingerprint density at radius 3 is 2.51 bits per heavy atom. The zero-order chi connectivity index (χ0) is 26.1. The Balaban J connectivity index is 2.15. The normalized spacial score (nSPS) is 17.6. The average Bonchev–Trinajstić information content (AvgIpc) is 3.11. The molecule has 0 spiro atoms. The number of aromatic nitrogens is 1. The summed E-state index contributed by atoms with van der Waals surface area (Å²) < 4.78 is 88.7. The van der Waals surface area contributed by atoms with Crippen LogP contribution in [-0.4, -0.2) is 57.7 Å². The lowest BCUT2D eigenvalue weighted by molar-refractivity contribution is -0.189. The third-order valence-electron chi connectivity index (χ3n) is 5.01. The Morgan fingerprint density at radius 1 is 1.29 bits per heavy atom. The average molecular weight is 525 g/mol. The van der Waals surface area contributed by atoms with Gasteiger partial charge in [-0.15, -0.1) is 0 Å². The quantitative estimate of drug-likeness (QED) is 0.409. The van der Waals surface area contributed by atoms with E-state index in [2.05, 4.69) is 10.1 Å². The molecule has 0 aliphatic carbocycles. The monoisotopic (exact) mass is 524 g/mol. The molecular weight excluding hydrogens is 506 g/mol. The maximum absolute atomic E-state index is 15.1. The van der Waals surface area contributed by atoms with Crippen molar-refractivity contribution >= 4 is 35.0 Å². The highest BCUT2D eigenvalue weighted by Crippen LogP contribution is 2.39. The molecule has 0 radical (unpaired) electrons. The van der Waals surface area contributed by atoms with E-state index in [1.165, 1.54) is 4.90 Å². The predicted molar refractivity (Wildman–Crippen MR) is 116 cm³/mol. The SMILES string of the molecule is CCN1C(CO)=NN(c2cc(O[C@@H](C)C(F)(F)F)c(/C(F)=C/c3c(F)ccnc3Cl)cc2F)C1O. The van der Waals surface area contributed by atoms with E-state index in [0.29, 0.717) is 30.1 Å². The summed E-state index contributed by atoms with van der Waals surface area (Å²) in [5.74, 6) is -4.36. The smallest absolute Gasteiger partial charge is 0.425 e. The van der Waals surface area contributed by atoms with Gasteiger partial charge in [-0.25, -0.2) is 23.2 Å². The molecule has 7 nitrogen and oxygen atoms in total. The molecular formula is C21H19ClF6N4O3. The van der Waals surface area contributed by atoms with Gasteiger partial charge in [-0.3, -0.25) is 0 Å². The van der Waals surface area contributed by atoms with Crippen molar-refractivity contribution in [3.05, 3.63) is 52.3 Å². The number of rotatable bonds is 7. The van der Waals surface area contributed by atoms with E-state index in [4.69, 9.17) is 16.3 Å². The van der Waals surface area contributed by atoms with Gasteiger partial charge in [-0.05, 0) is 32.1 Å². The second-order valence-electron chi connectivity index (χ2n) is 7.24. The summed E-state index contributed by atoms with van der Waals surface area (Å²) >= 11 is 5.77. The van der Waals surface area contributed by atoms with Crippen LogP contribution in [0.15, 0.2) is 29.5 Å². The largest absolute Gasteiger partial charge is 0.480 e. The van der Waals surface area contributed by atoms with Crippen LogP contribution in [0.5, 0.6) is 5.75 Å². The predicted octanol–water partition coefficient (Wildman–Crippen LogP) is 4.53. The van der Waals surface area contributed by atoms with Crippen LogP contribution in [0, 0.1) is 11.6 Å². The van der Waals surface area contributed by atoms with Gasteiger partial charge in [0.05, 0.1) is 11.1 Å². The Hall–Kier alpha value is -3.03. The van der Waals surface area contributed by atoms with E-state index in [9.17, 15) is 27.8 Å². The first-order valence-corrected chi connectivity index (χ1v) is 10.4. The fourth-order valence-electron chi connectivity index (χ4n) is 3.16. The van der Waals surface area contributed by atoms with Crippen LogP contribution in [-0.2, 0) is 0 Å². The van der Waals surface area contributed by atoms with Crippen molar-refractivity contribution in [3.63, 3.8) is 0 Å². The number of ether oxygens (including phenoxy) is 1. The van der Waals surface area contributed by atoms with Crippen molar-refractivity contribution < 1.29 is 41.3 Å². The van der Waals surface area contributed by atoms with Gasteiger partial charge in [-0.2, -0.15) is 18.3 Å². The summed E-state index contributed by atoms with van der Waals surface area (Å²) in [6, 6.07) is 2.10. The number of benzene rings is 1. The minimum atomic E-state index is -4.86. The van der Waals surface area contributed by atoms with Crippen molar-refractivity contribution in [1.29, 1.82) is 0 Å². The summed E-state index contributed by atoms with van der Waals surface area (Å²) in [4.78, 5) is 4.79. The van der Waals surface area contributed by atoms with Crippen molar-refractivity contribution in [2.24, 2.45) is 5.10 Å². The molecule has 35 heavy (non-hydrogen) atoms. The number of pyridine rings is 1. The number of nitrogens with zero attached hydrogens (tertiary/aromatic N) is 4. The van der Waals surface area contributed by atoms with Crippen LogP contribution in [0.1, 0.15) is 25.0 Å². The van der Waals surface area contributed by atoms with Gasteiger partial charge in [0, 0.05) is 18.8 Å². The summed E-state index contributed by atoms with van der Waals surface area (Å²) in [5.41, 5.74) is -1.86. The molecule has 0 fully saturated rings. The number of anilines is 1. The number of halogens is 7. The van der Waals surface area contributed by atoms with Crippen LogP contribution in [0.2, 0.25) is 5.15 Å². The molecule has 0 bridgehead atoms. The number of amidine groups is 1. The van der Waals surface area contributed by atoms with Gasteiger partial charge in [0.15, 0.2) is 11.9 Å². The lowest BCUT2D eigenvalue weighted by Crippen LogP contribution is -2.43. The first kappa shape index (κ1) is 26.6. The zero-order valence-electron chi connectivity index (χ0n) is 18.2. The highest BCUT2D eigenvalue weighted by atomic mass is 35.5. The molecule has 1 unspecified atom stereocenters. The van der Waals surface area contributed by atoms with Gasteiger partial charge in [0.25, 0.3) is 0 Å². The molecule has 0 saturated heterocycles. The molecule has 3 rings (SSSR count). The highest BCUT2D eigenvalue weighted by molar-refractivity contribution is 6.31. The van der Waals surface area contributed by atoms with Crippen LogP contribution in [0.3, 0.4) is 0 Å². The molecule has 14 heteroatoms. The number of aliphatic hydroxyl groups excluding tert-OH is 2. The highest BCUT2D eigenvalue weighted by Gasteiger charge is 2.39. The molecule has 1 aliphatic rings. The number of hydrogen-bond acceptors (Lipinski definition) is 7. The lowest BCUT2D eigenvalue weighted by Gasteiger charge is -2.27. The molecule has 0 amide bonds. The van der Waals surface area contributed by atoms with Crippen molar-refractivity contribution in [3.8, 4) is 5.75 Å². The first-order chi connectivity index (χ1) is 16.4. The Kier molecular flexibility index (Phi) is 7.82. The van der Waals surface area contributed by atoms with E-state index >= 15 is 8.78 Å². The fourth-order valence-corrected chi connectivity index (χ4v) is 3.37. The molecule has 2 atom stereocenters. The summed E-state index contributed by atoms with van der Waals surface area (Å²) in [6.07, 6.45) is -7.37. The Morgan fingerprint density at radius 2 is 1.97 bits per heavy atom. The maximum Gasteiger partial charge on any atom is 0.425 e. The molecule has 2 heterocycles. The minimum Gasteiger partial charge on any atom is -0.480 e. The molecule has 2 N–H and O–H groups in total. The summed E-state index contributed by atoms with van der Waals surface area (Å²) in [6.45, 7) is 1.79. The van der Waals surface area contributed by atoms with Gasteiger partial charge >= 0.3 is 6.18 Å². The Bertz CT molecular complexity index is 1140. The number of likely N-dealkylation sites (N-methyl/N-ethyl adjacent to an activating group) is 1. The van der Waals surface area contributed by atoms with E-state index < -0.39 is 70.4 Å². The van der Waals surface area contributed by atoms with E-state index in [0.717, 1.165) is 12.3 Å². The number of aliphatic hydroxyl groups is 2. The number of hydrogen-bond donors (Lipinski definition) is 2. The maximum atomic E-state index is 15.1. The number of hydrazone groups is 1. The first-order valence-electron chi connectivity index (χ1n) is 10.1. The van der Waals surface area contributed by atoms with Crippen LogP contribution < -0.4 is 9.75 Å². The van der Waals surface area contributed by atoms with Crippen LogP contribution >= 0.6 is 11.6 Å². The lowest BCUT2D eigenvalue weighted by atomic mass is 10.1. The van der Waals surface area contributed by atoms with Gasteiger partial charge in [-0.1, -0.05) is 11.6 Å². The van der Waals surface area contributed by atoms with E-state index in [-0.39, 0.29) is 12.4 Å². The van der Waals surface area contributed by atoms with E-state index in [1.807, 2.05) is 0 Å². The molecule has 190 valence electrons. The third kappa shape index (κ3) is 5.46. The molecule has 1 aliphatic heterocycles. The minimum absolute atomic E-state index is 0.0395. The van der Waals surface area contributed by atoms with Gasteiger partial charge in [0.2, 0.25) is 6.35 Å². The fraction of sp³-hybridized carbons (Fsp3) is 0.333. The molecule has 0 saturated carbocycles. The summed E-state index contributed by atoms with van der Waals surface area (Å²) in [5, 5.41) is 24.0. The Labute approximate surface area is 200 Å². The number of alkyl halides is 3. The summed E-state index contributed by atoms with van der Waals surface area (Å²) in [7, 11) is 0. The molecule has 1 aromatic heterocycles. The molecule has 2 aromatic rings. The second kappa shape index (κ2) is 10.3. The zero-order valence-corrected chi connectivity index (χ0v) is 18.9. The van der Waals surface area contributed by atoms with Crippen LogP contribution in [0.4, 0.5) is 32.0 Å². The van der Waals surface area contributed by atoms with Crippen molar-refractivity contribution in [2.45, 2.75) is 32.5 Å². The van der Waals surface area contributed by atoms with E-state index in [1.54, 1.807) is 6.92 Å². The van der Waals surface area contributed by atoms with Crippen molar-refractivity contribution in [2.75, 3.05) is 18.2 Å². The van der Waals surface area contributed by atoms with Crippen LogP contribution in [0.25, 0.3) is 11.9 Å².